The monoisotopic (exact) mass is 482 g/mol. The molecule has 186 valence electrons. The molecule has 10 nitrogen and oxygen atoms in total. The summed E-state index contributed by atoms with van der Waals surface area (Å²) >= 11 is 0. The molecule has 3 atom stereocenters. The van der Waals surface area contributed by atoms with Gasteiger partial charge in [-0.1, -0.05) is 42.5 Å². The van der Waals surface area contributed by atoms with E-state index in [1.165, 1.54) is 17.0 Å². The van der Waals surface area contributed by atoms with Crippen molar-refractivity contribution >= 4 is 23.7 Å². The molecule has 6 N–H and O–H groups in total. The van der Waals surface area contributed by atoms with Gasteiger partial charge in [0.05, 0.1) is 12.6 Å². The van der Waals surface area contributed by atoms with Crippen LogP contribution in [0.3, 0.4) is 0 Å². The molecule has 3 rings (SSSR count). The van der Waals surface area contributed by atoms with Crippen LogP contribution in [0.1, 0.15) is 24.0 Å². The van der Waals surface area contributed by atoms with Gasteiger partial charge in [0, 0.05) is 13.0 Å². The van der Waals surface area contributed by atoms with E-state index in [2.05, 4.69) is 10.6 Å². The summed E-state index contributed by atoms with van der Waals surface area (Å²) in [5, 5.41) is 24.0. The number of phenols is 1. The summed E-state index contributed by atoms with van der Waals surface area (Å²) in [4.78, 5) is 50.9. The maximum absolute atomic E-state index is 13.0. The van der Waals surface area contributed by atoms with E-state index in [0.29, 0.717) is 24.9 Å². The lowest BCUT2D eigenvalue weighted by Crippen LogP contribution is -2.54. The number of amides is 3. The Morgan fingerprint density at radius 2 is 1.63 bits per heavy atom. The van der Waals surface area contributed by atoms with E-state index < -0.39 is 41.8 Å². The van der Waals surface area contributed by atoms with Gasteiger partial charge in [-0.3, -0.25) is 14.4 Å². The summed E-state index contributed by atoms with van der Waals surface area (Å²) < 4.78 is 0. The minimum atomic E-state index is -1.08. The molecule has 1 heterocycles. The van der Waals surface area contributed by atoms with Crippen molar-refractivity contribution in [3.63, 3.8) is 0 Å². The van der Waals surface area contributed by atoms with Crippen LogP contribution in [-0.2, 0) is 32.0 Å². The number of carboxylic acids is 1. The predicted octanol–water partition coefficient (Wildman–Crippen LogP) is 0.181. The number of phenolic OH excluding ortho intramolecular Hbond substituents is 1. The first-order valence-corrected chi connectivity index (χ1v) is 11.4. The molecule has 0 aliphatic carbocycles. The largest absolute Gasteiger partial charge is 0.508 e. The fourth-order valence-corrected chi connectivity index (χ4v) is 4.03. The molecule has 1 aliphatic heterocycles. The summed E-state index contributed by atoms with van der Waals surface area (Å²) in [7, 11) is 0. The highest BCUT2D eigenvalue weighted by atomic mass is 16.4. The van der Waals surface area contributed by atoms with Gasteiger partial charge in [0.15, 0.2) is 0 Å². The molecular formula is C25H30N4O6. The van der Waals surface area contributed by atoms with Crippen molar-refractivity contribution in [2.24, 2.45) is 5.73 Å². The van der Waals surface area contributed by atoms with Gasteiger partial charge < -0.3 is 31.5 Å². The first-order chi connectivity index (χ1) is 16.7. The zero-order valence-corrected chi connectivity index (χ0v) is 19.2. The van der Waals surface area contributed by atoms with Gasteiger partial charge in [-0.05, 0) is 42.5 Å². The van der Waals surface area contributed by atoms with Crippen LogP contribution < -0.4 is 16.4 Å². The zero-order chi connectivity index (χ0) is 25.4. The third-order valence-corrected chi connectivity index (χ3v) is 5.92. The number of aliphatic carboxylic acids is 1. The van der Waals surface area contributed by atoms with Gasteiger partial charge in [-0.2, -0.15) is 0 Å². The molecule has 0 bridgehead atoms. The van der Waals surface area contributed by atoms with Crippen molar-refractivity contribution < 1.29 is 29.4 Å². The van der Waals surface area contributed by atoms with Crippen molar-refractivity contribution in [3.05, 3.63) is 65.7 Å². The smallest absolute Gasteiger partial charge is 0.326 e. The van der Waals surface area contributed by atoms with Gasteiger partial charge in [0.1, 0.15) is 17.8 Å². The van der Waals surface area contributed by atoms with Crippen LogP contribution in [0.2, 0.25) is 0 Å². The number of likely N-dealkylation sites (tertiary alicyclic amines) is 1. The Kier molecular flexibility index (Phi) is 8.80. The maximum atomic E-state index is 13.0. The molecule has 0 radical (unpaired) electrons. The predicted molar refractivity (Wildman–Crippen MR) is 127 cm³/mol. The van der Waals surface area contributed by atoms with Crippen molar-refractivity contribution in [1.29, 1.82) is 0 Å². The van der Waals surface area contributed by atoms with E-state index in [-0.39, 0.29) is 25.1 Å². The van der Waals surface area contributed by atoms with Gasteiger partial charge in [-0.25, -0.2) is 4.79 Å². The lowest BCUT2D eigenvalue weighted by Gasteiger charge is -2.23. The standard InChI is InChI=1S/C25H30N4O6/c26-19(13-16-5-2-1-3-6-16)23(32)28-20(14-17-8-10-18(30)11-9-17)24(33)27-15-22(31)29-12-4-7-21(29)25(34)35/h1-3,5-6,8-11,19-21,30H,4,7,12-15,26H2,(H,27,33)(H,28,32)(H,34,35). The minimum Gasteiger partial charge on any atom is -0.508 e. The Hall–Kier alpha value is -3.92. The molecule has 35 heavy (non-hydrogen) atoms. The topological polar surface area (TPSA) is 162 Å². The molecule has 2 aromatic rings. The van der Waals surface area contributed by atoms with Crippen LogP contribution in [0.25, 0.3) is 0 Å². The van der Waals surface area contributed by atoms with Gasteiger partial charge in [-0.15, -0.1) is 0 Å². The second-order valence-corrected chi connectivity index (χ2v) is 8.53. The van der Waals surface area contributed by atoms with E-state index in [1.807, 2.05) is 30.3 Å². The number of nitrogens with two attached hydrogens (primary N) is 1. The van der Waals surface area contributed by atoms with Crippen LogP contribution in [0, 0.1) is 0 Å². The summed E-state index contributed by atoms with van der Waals surface area (Å²) in [5.41, 5.74) is 7.62. The number of aromatic hydroxyl groups is 1. The van der Waals surface area contributed by atoms with E-state index in [9.17, 15) is 29.4 Å². The summed E-state index contributed by atoms with van der Waals surface area (Å²) in [5.74, 6) is -2.64. The van der Waals surface area contributed by atoms with Crippen LogP contribution in [0.4, 0.5) is 0 Å². The molecule has 0 spiro atoms. The Bertz CT molecular complexity index is 1040. The number of rotatable bonds is 10. The molecular weight excluding hydrogens is 452 g/mol. The molecule has 3 amide bonds. The number of nitrogens with zero attached hydrogens (tertiary/aromatic N) is 1. The Balaban J connectivity index is 1.65. The van der Waals surface area contributed by atoms with Crippen LogP contribution >= 0.6 is 0 Å². The summed E-state index contributed by atoms with van der Waals surface area (Å²) in [6.45, 7) is -0.0751. The summed E-state index contributed by atoms with van der Waals surface area (Å²) in [6.07, 6.45) is 1.33. The van der Waals surface area contributed by atoms with Crippen molar-refractivity contribution in [2.75, 3.05) is 13.1 Å². The molecule has 2 aromatic carbocycles. The molecule has 1 aliphatic rings. The highest BCUT2D eigenvalue weighted by Crippen LogP contribution is 2.17. The quantitative estimate of drug-likeness (QED) is 0.323. The third-order valence-electron chi connectivity index (χ3n) is 5.92. The average molecular weight is 483 g/mol. The number of carbonyl (C=O) groups is 4. The highest BCUT2D eigenvalue weighted by molar-refractivity contribution is 5.93. The lowest BCUT2D eigenvalue weighted by atomic mass is 10.0. The number of hydrogen-bond acceptors (Lipinski definition) is 6. The number of benzene rings is 2. The second-order valence-electron chi connectivity index (χ2n) is 8.53. The molecule has 0 saturated carbocycles. The molecule has 3 unspecified atom stereocenters. The van der Waals surface area contributed by atoms with Gasteiger partial charge >= 0.3 is 5.97 Å². The van der Waals surface area contributed by atoms with E-state index >= 15 is 0 Å². The lowest BCUT2D eigenvalue weighted by molar-refractivity contribution is -0.148. The summed E-state index contributed by atoms with van der Waals surface area (Å²) in [6, 6.07) is 12.6. The Labute approximate surface area is 203 Å². The number of hydrogen-bond donors (Lipinski definition) is 5. The third kappa shape index (κ3) is 7.28. The molecule has 1 fully saturated rings. The average Bonchev–Trinajstić information content (AvgIpc) is 3.34. The number of carboxylic acid groups (broad SMARTS) is 1. The first kappa shape index (κ1) is 25.7. The van der Waals surface area contributed by atoms with Gasteiger partial charge in [0.25, 0.3) is 0 Å². The molecule has 1 saturated heterocycles. The van der Waals surface area contributed by atoms with Crippen LogP contribution in [0.15, 0.2) is 54.6 Å². The normalized spacial score (nSPS) is 16.8. The SMILES string of the molecule is NC(Cc1ccccc1)C(=O)NC(Cc1ccc(O)cc1)C(=O)NCC(=O)N1CCCC1C(=O)O. The fraction of sp³-hybridized carbons (Fsp3) is 0.360. The molecule has 10 heteroatoms. The first-order valence-electron chi connectivity index (χ1n) is 11.4. The minimum absolute atomic E-state index is 0.0628. The second kappa shape index (κ2) is 12.0. The van der Waals surface area contributed by atoms with E-state index in [0.717, 1.165) is 5.56 Å². The Morgan fingerprint density at radius 1 is 0.971 bits per heavy atom. The zero-order valence-electron chi connectivity index (χ0n) is 19.2. The van der Waals surface area contributed by atoms with Crippen LogP contribution in [0.5, 0.6) is 5.75 Å². The highest BCUT2D eigenvalue weighted by Gasteiger charge is 2.34. The van der Waals surface area contributed by atoms with Crippen LogP contribution in [-0.4, -0.2) is 70.0 Å². The van der Waals surface area contributed by atoms with E-state index in [4.69, 9.17) is 5.73 Å². The fourth-order valence-electron chi connectivity index (χ4n) is 4.03. The van der Waals surface area contributed by atoms with E-state index in [1.54, 1.807) is 12.1 Å². The van der Waals surface area contributed by atoms with Crippen molar-refractivity contribution in [1.82, 2.24) is 15.5 Å². The van der Waals surface area contributed by atoms with Gasteiger partial charge in [0.2, 0.25) is 17.7 Å². The molecule has 0 aromatic heterocycles. The maximum Gasteiger partial charge on any atom is 0.326 e. The number of nitrogens with one attached hydrogen (secondary N) is 2. The Morgan fingerprint density at radius 3 is 2.29 bits per heavy atom. The van der Waals surface area contributed by atoms with Crippen molar-refractivity contribution in [2.45, 2.75) is 43.8 Å². The number of carbonyl (C=O) groups excluding carboxylic acids is 3. The van der Waals surface area contributed by atoms with Crippen molar-refractivity contribution in [3.8, 4) is 5.75 Å².